The van der Waals surface area contributed by atoms with Crippen molar-refractivity contribution in [1.29, 1.82) is 0 Å². The van der Waals surface area contributed by atoms with Gasteiger partial charge in [-0.15, -0.1) is 0 Å². The number of Topliss-reactive ketones (excluding diaryl/α,β-unsaturated/α-hetero) is 1. The maximum absolute atomic E-state index is 11.2. The molecule has 0 rings (SSSR count). The molecule has 1 N–H and O–H groups in total. The molecule has 0 saturated heterocycles. The predicted molar refractivity (Wildman–Crippen MR) is 54.6 cm³/mol. The number of hydrogen-bond acceptors (Lipinski definition) is 2. The number of ketones is 1. The lowest BCUT2D eigenvalue weighted by molar-refractivity contribution is -0.125. The van der Waals surface area contributed by atoms with Crippen LogP contribution in [0, 0.1) is 5.92 Å². The minimum absolute atomic E-state index is 0.150. The Labute approximate surface area is 81.3 Å². The molecule has 0 aromatic carbocycles. The zero-order valence-electron chi connectivity index (χ0n) is 9.26. The van der Waals surface area contributed by atoms with Crippen molar-refractivity contribution < 1.29 is 9.90 Å². The molecule has 0 aliphatic rings. The van der Waals surface area contributed by atoms with Gasteiger partial charge in [0, 0.05) is 12.8 Å². The van der Waals surface area contributed by atoms with E-state index in [9.17, 15) is 9.90 Å². The summed E-state index contributed by atoms with van der Waals surface area (Å²) in [5.74, 6) is 0.389. The highest BCUT2D eigenvalue weighted by atomic mass is 16.3. The van der Waals surface area contributed by atoms with Gasteiger partial charge in [0.25, 0.3) is 0 Å². The van der Waals surface area contributed by atoms with Gasteiger partial charge in [-0.05, 0) is 12.8 Å². The van der Waals surface area contributed by atoms with E-state index >= 15 is 0 Å². The van der Waals surface area contributed by atoms with Crippen molar-refractivity contribution in [2.75, 3.05) is 0 Å². The summed E-state index contributed by atoms with van der Waals surface area (Å²) in [6, 6.07) is 0. The SMILES string of the molecule is CCC(=O)CC(C)(O)C(CC)CC. The summed E-state index contributed by atoms with van der Waals surface area (Å²) in [6.07, 6.45) is 2.69. The monoisotopic (exact) mass is 186 g/mol. The zero-order chi connectivity index (χ0) is 10.5. The number of aliphatic hydroxyl groups is 1. The third-order valence-electron chi connectivity index (χ3n) is 2.81. The zero-order valence-corrected chi connectivity index (χ0v) is 9.26. The van der Waals surface area contributed by atoms with E-state index in [1.165, 1.54) is 0 Å². The Morgan fingerprint density at radius 3 is 2.08 bits per heavy atom. The number of hydrogen-bond donors (Lipinski definition) is 1. The van der Waals surface area contributed by atoms with E-state index in [4.69, 9.17) is 0 Å². The second-order valence-electron chi connectivity index (χ2n) is 3.94. The summed E-state index contributed by atoms with van der Waals surface area (Å²) in [5, 5.41) is 10.1. The molecule has 0 spiro atoms. The number of rotatable bonds is 6. The van der Waals surface area contributed by atoms with Gasteiger partial charge in [-0.25, -0.2) is 0 Å². The summed E-state index contributed by atoms with van der Waals surface area (Å²) in [5.41, 5.74) is -0.809. The molecule has 0 heterocycles. The second kappa shape index (κ2) is 5.38. The van der Waals surface area contributed by atoms with E-state index < -0.39 is 5.60 Å². The first-order chi connectivity index (χ1) is 5.97. The number of carbonyl (C=O) groups is 1. The smallest absolute Gasteiger partial charge is 0.135 e. The van der Waals surface area contributed by atoms with Crippen molar-refractivity contribution in [3.05, 3.63) is 0 Å². The third-order valence-corrected chi connectivity index (χ3v) is 2.81. The first-order valence-corrected chi connectivity index (χ1v) is 5.21. The fourth-order valence-corrected chi connectivity index (χ4v) is 1.84. The van der Waals surface area contributed by atoms with Gasteiger partial charge in [0.1, 0.15) is 5.78 Å². The largest absolute Gasteiger partial charge is 0.389 e. The normalized spacial score (nSPS) is 15.8. The van der Waals surface area contributed by atoms with E-state index in [0.717, 1.165) is 12.8 Å². The van der Waals surface area contributed by atoms with Gasteiger partial charge in [0.05, 0.1) is 5.60 Å². The van der Waals surface area contributed by atoms with E-state index in [2.05, 4.69) is 13.8 Å². The average molecular weight is 186 g/mol. The van der Waals surface area contributed by atoms with Crippen molar-refractivity contribution in [3.8, 4) is 0 Å². The molecule has 0 radical (unpaired) electrons. The van der Waals surface area contributed by atoms with Crippen LogP contribution in [0.25, 0.3) is 0 Å². The van der Waals surface area contributed by atoms with Crippen LogP contribution in [0.4, 0.5) is 0 Å². The standard InChI is InChI=1S/C11H22O2/c1-5-9(6-2)11(4,13)8-10(12)7-3/h9,13H,5-8H2,1-4H3. The van der Waals surface area contributed by atoms with Crippen LogP contribution in [0.15, 0.2) is 0 Å². The van der Waals surface area contributed by atoms with Crippen LogP contribution in [0.3, 0.4) is 0 Å². The van der Waals surface area contributed by atoms with E-state index in [1.807, 2.05) is 6.92 Å². The van der Waals surface area contributed by atoms with Crippen LogP contribution >= 0.6 is 0 Å². The molecule has 13 heavy (non-hydrogen) atoms. The molecule has 0 aromatic heterocycles. The van der Waals surface area contributed by atoms with Crippen LogP contribution in [-0.4, -0.2) is 16.5 Å². The van der Waals surface area contributed by atoms with Crippen molar-refractivity contribution in [1.82, 2.24) is 0 Å². The van der Waals surface area contributed by atoms with Crippen molar-refractivity contribution >= 4 is 5.78 Å². The predicted octanol–water partition coefficient (Wildman–Crippen LogP) is 2.54. The Kier molecular flexibility index (Phi) is 5.23. The molecule has 0 aliphatic heterocycles. The summed E-state index contributed by atoms with van der Waals surface area (Å²) in [6.45, 7) is 7.72. The minimum Gasteiger partial charge on any atom is -0.389 e. The van der Waals surface area contributed by atoms with Crippen molar-refractivity contribution in [3.63, 3.8) is 0 Å². The Morgan fingerprint density at radius 1 is 1.31 bits per heavy atom. The highest BCUT2D eigenvalue weighted by Gasteiger charge is 2.30. The van der Waals surface area contributed by atoms with Crippen LogP contribution in [-0.2, 0) is 4.79 Å². The Hall–Kier alpha value is -0.370. The average Bonchev–Trinajstić information content (AvgIpc) is 2.05. The quantitative estimate of drug-likeness (QED) is 0.692. The molecule has 1 atom stereocenters. The highest BCUT2D eigenvalue weighted by molar-refractivity contribution is 5.79. The lowest BCUT2D eigenvalue weighted by Gasteiger charge is -2.31. The fraction of sp³-hybridized carbons (Fsp3) is 0.909. The molecule has 78 valence electrons. The summed E-state index contributed by atoms with van der Waals surface area (Å²) < 4.78 is 0. The Bertz CT molecular complexity index is 157. The number of carbonyl (C=O) groups excluding carboxylic acids is 1. The van der Waals surface area contributed by atoms with Crippen LogP contribution in [0.5, 0.6) is 0 Å². The molecule has 0 saturated carbocycles. The van der Waals surface area contributed by atoms with Crippen LogP contribution in [0.2, 0.25) is 0 Å². The molecule has 0 amide bonds. The summed E-state index contributed by atoms with van der Waals surface area (Å²) in [4.78, 5) is 11.2. The Morgan fingerprint density at radius 2 is 1.77 bits per heavy atom. The van der Waals surface area contributed by atoms with Gasteiger partial charge < -0.3 is 5.11 Å². The molecular weight excluding hydrogens is 164 g/mol. The molecule has 0 aliphatic carbocycles. The van der Waals surface area contributed by atoms with Crippen LogP contribution < -0.4 is 0 Å². The lowest BCUT2D eigenvalue weighted by Crippen LogP contribution is -2.36. The van der Waals surface area contributed by atoms with Gasteiger partial charge in [-0.2, -0.15) is 0 Å². The van der Waals surface area contributed by atoms with Crippen molar-refractivity contribution in [2.45, 2.75) is 59.0 Å². The highest BCUT2D eigenvalue weighted by Crippen LogP contribution is 2.27. The van der Waals surface area contributed by atoms with Gasteiger partial charge in [0.2, 0.25) is 0 Å². The first kappa shape index (κ1) is 12.6. The summed E-state index contributed by atoms with van der Waals surface area (Å²) >= 11 is 0. The topological polar surface area (TPSA) is 37.3 Å². The second-order valence-corrected chi connectivity index (χ2v) is 3.94. The van der Waals surface area contributed by atoms with Crippen LogP contribution in [0.1, 0.15) is 53.4 Å². The van der Waals surface area contributed by atoms with E-state index in [-0.39, 0.29) is 11.7 Å². The summed E-state index contributed by atoms with van der Waals surface area (Å²) in [7, 11) is 0. The molecule has 0 bridgehead atoms. The molecule has 2 heteroatoms. The molecule has 1 unspecified atom stereocenters. The van der Waals surface area contributed by atoms with Gasteiger partial charge in [-0.1, -0.05) is 33.6 Å². The molecule has 0 fully saturated rings. The van der Waals surface area contributed by atoms with Crippen molar-refractivity contribution in [2.24, 2.45) is 5.92 Å². The van der Waals surface area contributed by atoms with E-state index in [0.29, 0.717) is 12.8 Å². The first-order valence-electron chi connectivity index (χ1n) is 5.21. The third kappa shape index (κ3) is 3.90. The van der Waals surface area contributed by atoms with Gasteiger partial charge >= 0.3 is 0 Å². The molecule has 2 nitrogen and oxygen atoms in total. The Balaban J connectivity index is 4.26. The van der Waals surface area contributed by atoms with Gasteiger partial charge in [-0.3, -0.25) is 4.79 Å². The maximum Gasteiger partial charge on any atom is 0.135 e. The van der Waals surface area contributed by atoms with E-state index in [1.54, 1.807) is 6.92 Å². The van der Waals surface area contributed by atoms with Gasteiger partial charge in [0.15, 0.2) is 0 Å². The molecular formula is C11H22O2. The fourth-order valence-electron chi connectivity index (χ4n) is 1.84. The lowest BCUT2D eigenvalue weighted by atomic mass is 9.81. The minimum atomic E-state index is -0.809. The maximum atomic E-state index is 11.2. The molecule has 0 aromatic rings.